The Bertz CT molecular complexity index is 658. The van der Waals surface area contributed by atoms with Crippen LogP contribution in [0.5, 0.6) is 0 Å². The van der Waals surface area contributed by atoms with Crippen LogP contribution >= 0.6 is 0 Å². The van der Waals surface area contributed by atoms with E-state index in [-0.39, 0.29) is 11.8 Å². The number of ketones is 1. The van der Waals surface area contributed by atoms with Gasteiger partial charge >= 0.3 is 0 Å². The molecule has 142 valence electrons. The smallest absolute Gasteiger partial charge is 0.288 e. The number of hydrogen-bond acceptors (Lipinski definition) is 3. The van der Waals surface area contributed by atoms with Crippen molar-refractivity contribution in [3.63, 3.8) is 0 Å². The molecular weight excluding hydrogens is 324 g/mol. The molecule has 2 rings (SSSR count). The number of carbonyl (C=O) groups excluding carboxylic acids is 2. The fourth-order valence-corrected chi connectivity index (χ4v) is 3.68. The number of hydrogen-bond donors (Lipinski definition) is 2. The van der Waals surface area contributed by atoms with Gasteiger partial charge in [0.2, 0.25) is 5.78 Å². The Kier molecular flexibility index (Phi) is 7.58. The van der Waals surface area contributed by atoms with E-state index in [1.807, 2.05) is 31.2 Å². The first-order valence-corrected chi connectivity index (χ1v) is 9.77. The van der Waals surface area contributed by atoms with Crippen LogP contribution in [-0.2, 0) is 9.59 Å². The van der Waals surface area contributed by atoms with E-state index in [2.05, 4.69) is 37.5 Å². The number of rotatable bonds is 7. The summed E-state index contributed by atoms with van der Waals surface area (Å²) in [5.41, 5.74) is 3.17. The van der Waals surface area contributed by atoms with Crippen LogP contribution in [0.4, 0.5) is 0 Å². The highest BCUT2D eigenvalue weighted by Crippen LogP contribution is 2.29. The molecule has 0 aromatic heterocycles. The number of Topliss-reactive ketones (excluding diaryl/α,β-unsaturated/α-hetero) is 1. The van der Waals surface area contributed by atoms with Crippen LogP contribution in [0.3, 0.4) is 0 Å². The zero-order valence-corrected chi connectivity index (χ0v) is 16.5. The van der Waals surface area contributed by atoms with Gasteiger partial charge in [-0.2, -0.15) is 0 Å². The van der Waals surface area contributed by atoms with Gasteiger partial charge in [-0.3, -0.25) is 9.59 Å². The summed E-state index contributed by atoms with van der Waals surface area (Å²) in [7, 11) is 0. The molecule has 1 unspecified atom stereocenters. The molecule has 1 aromatic rings. The van der Waals surface area contributed by atoms with Gasteiger partial charge in [0.15, 0.2) is 0 Å². The van der Waals surface area contributed by atoms with Crippen molar-refractivity contribution in [1.29, 1.82) is 0 Å². The summed E-state index contributed by atoms with van der Waals surface area (Å²) in [4.78, 5) is 25.4. The maximum atomic E-state index is 12.9. The summed E-state index contributed by atoms with van der Waals surface area (Å²) < 4.78 is 0. The van der Waals surface area contributed by atoms with E-state index in [1.165, 1.54) is 0 Å². The summed E-state index contributed by atoms with van der Waals surface area (Å²) in [6, 6.07) is 8.06. The molecule has 0 saturated carbocycles. The largest absolute Gasteiger partial charge is 0.347 e. The monoisotopic (exact) mass is 356 g/mol. The van der Waals surface area contributed by atoms with Gasteiger partial charge in [0.05, 0.1) is 5.92 Å². The first kappa shape index (κ1) is 20.4. The predicted octanol–water partition coefficient (Wildman–Crippen LogP) is 3.68. The fraction of sp³-hybridized carbons (Fsp3) is 0.545. The summed E-state index contributed by atoms with van der Waals surface area (Å²) in [6.07, 6.45) is 4.57. The van der Waals surface area contributed by atoms with Gasteiger partial charge in [-0.25, -0.2) is 0 Å². The van der Waals surface area contributed by atoms with Crippen LogP contribution in [0.1, 0.15) is 64.0 Å². The van der Waals surface area contributed by atoms with Crippen LogP contribution < -0.4 is 10.6 Å². The zero-order chi connectivity index (χ0) is 19.1. The fourth-order valence-electron chi connectivity index (χ4n) is 3.68. The van der Waals surface area contributed by atoms with Gasteiger partial charge < -0.3 is 10.6 Å². The zero-order valence-electron chi connectivity index (χ0n) is 16.5. The average Bonchev–Trinajstić information content (AvgIpc) is 2.63. The Morgan fingerprint density at radius 3 is 2.50 bits per heavy atom. The van der Waals surface area contributed by atoms with E-state index >= 15 is 0 Å². The molecule has 1 aromatic carbocycles. The van der Waals surface area contributed by atoms with Crippen molar-refractivity contribution in [3.05, 3.63) is 41.5 Å². The molecule has 26 heavy (non-hydrogen) atoms. The van der Waals surface area contributed by atoms with Gasteiger partial charge in [-0.1, -0.05) is 51.1 Å². The molecular formula is C22H32N2O2. The number of piperidine rings is 1. The van der Waals surface area contributed by atoms with Crippen molar-refractivity contribution < 1.29 is 9.59 Å². The van der Waals surface area contributed by atoms with Gasteiger partial charge in [0, 0.05) is 6.04 Å². The van der Waals surface area contributed by atoms with Crippen LogP contribution in [0.25, 0.3) is 5.57 Å². The second-order valence-corrected chi connectivity index (χ2v) is 7.50. The first-order chi connectivity index (χ1) is 12.4. The average molecular weight is 357 g/mol. The summed E-state index contributed by atoms with van der Waals surface area (Å²) >= 11 is 0. The lowest BCUT2D eigenvalue weighted by Gasteiger charge is -2.25. The standard InChI is InChI=1S/C22H32N2O2/c1-5-18(21(25)22(26)24-17-10-12-23-13-11-17)20-9-7-6-8-19(20)16(4)14-15(2)3/h6-9,14-15,17-18,23H,5,10-13H2,1-4H3,(H,24,26)/b16-14-. The molecule has 0 radical (unpaired) electrons. The number of carbonyl (C=O) groups is 2. The molecule has 2 N–H and O–H groups in total. The van der Waals surface area contributed by atoms with Gasteiger partial charge in [0.25, 0.3) is 5.91 Å². The second kappa shape index (κ2) is 9.67. The predicted molar refractivity (Wildman–Crippen MR) is 107 cm³/mol. The van der Waals surface area contributed by atoms with Crippen molar-refractivity contribution in [1.82, 2.24) is 10.6 Å². The maximum Gasteiger partial charge on any atom is 0.288 e. The van der Waals surface area contributed by atoms with E-state index in [1.54, 1.807) is 0 Å². The molecule has 0 aliphatic carbocycles. The van der Waals surface area contributed by atoms with Crippen molar-refractivity contribution >= 4 is 17.3 Å². The molecule has 1 amide bonds. The van der Waals surface area contributed by atoms with Crippen LogP contribution in [-0.4, -0.2) is 30.8 Å². The topological polar surface area (TPSA) is 58.2 Å². The number of nitrogens with one attached hydrogen (secondary N) is 2. The number of benzene rings is 1. The molecule has 1 saturated heterocycles. The lowest BCUT2D eigenvalue weighted by molar-refractivity contribution is -0.139. The highest BCUT2D eigenvalue weighted by Gasteiger charge is 2.29. The van der Waals surface area contributed by atoms with Gasteiger partial charge in [-0.05, 0) is 61.9 Å². The van der Waals surface area contributed by atoms with E-state index in [4.69, 9.17) is 0 Å². The van der Waals surface area contributed by atoms with Gasteiger partial charge in [-0.15, -0.1) is 0 Å². The van der Waals surface area contributed by atoms with Crippen LogP contribution in [0.2, 0.25) is 0 Å². The third kappa shape index (κ3) is 5.28. The maximum absolute atomic E-state index is 12.9. The van der Waals surface area contributed by atoms with Gasteiger partial charge in [0.1, 0.15) is 0 Å². The lowest BCUT2D eigenvalue weighted by Crippen LogP contribution is -2.46. The minimum absolute atomic E-state index is 0.100. The summed E-state index contributed by atoms with van der Waals surface area (Å²) in [5, 5.41) is 6.21. The number of allylic oxidation sites excluding steroid dienone is 2. The van der Waals surface area contributed by atoms with E-state index < -0.39 is 11.8 Å². The quantitative estimate of drug-likeness (QED) is 0.733. The van der Waals surface area contributed by atoms with Crippen LogP contribution in [0, 0.1) is 5.92 Å². The molecule has 1 atom stereocenters. The summed E-state index contributed by atoms with van der Waals surface area (Å²) in [6.45, 7) is 10.1. The highest BCUT2D eigenvalue weighted by molar-refractivity contribution is 6.38. The Hall–Kier alpha value is -1.94. The van der Waals surface area contributed by atoms with E-state index in [0.717, 1.165) is 42.6 Å². The molecule has 0 spiro atoms. The Morgan fingerprint density at radius 2 is 1.88 bits per heavy atom. The second-order valence-electron chi connectivity index (χ2n) is 7.50. The van der Waals surface area contributed by atoms with Crippen molar-refractivity contribution in [2.45, 2.75) is 58.9 Å². The highest BCUT2D eigenvalue weighted by atomic mass is 16.2. The van der Waals surface area contributed by atoms with E-state index in [0.29, 0.717) is 12.3 Å². The molecule has 1 heterocycles. The van der Waals surface area contributed by atoms with E-state index in [9.17, 15) is 9.59 Å². The Balaban J connectivity index is 2.22. The summed E-state index contributed by atoms with van der Waals surface area (Å²) in [5.74, 6) is -0.731. The Morgan fingerprint density at radius 1 is 1.23 bits per heavy atom. The third-order valence-electron chi connectivity index (χ3n) is 4.97. The molecule has 0 bridgehead atoms. The SMILES string of the molecule is CCC(C(=O)C(=O)NC1CCNCC1)c1ccccc1/C(C)=C\C(C)C. The number of amides is 1. The molecule has 1 fully saturated rings. The minimum atomic E-state index is -0.441. The molecule has 4 heteroatoms. The lowest BCUT2D eigenvalue weighted by atomic mass is 9.85. The molecule has 4 nitrogen and oxygen atoms in total. The normalized spacial score (nSPS) is 17.2. The van der Waals surface area contributed by atoms with Crippen LogP contribution in [0.15, 0.2) is 30.3 Å². The molecule has 1 aliphatic rings. The van der Waals surface area contributed by atoms with Crippen molar-refractivity contribution in [3.8, 4) is 0 Å². The Labute approximate surface area is 157 Å². The molecule has 1 aliphatic heterocycles. The third-order valence-corrected chi connectivity index (χ3v) is 4.97. The minimum Gasteiger partial charge on any atom is -0.347 e. The van der Waals surface area contributed by atoms with Crippen molar-refractivity contribution in [2.75, 3.05) is 13.1 Å². The first-order valence-electron chi connectivity index (χ1n) is 9.77. The van der Waals surface area contributed by atoms with Crippen molar-refractivity contribution in [2.24, 2.45) is 5.92 Å².